The molecular weight excluding hydrogens is 1780 g/mol. The van der Waals surface area contributed by atoms with Crippen LogP contribution in [0.3, 0.4) is 0 Å². The fraction of sp³-hybridized carbons (Fsp3) is 0. The normalized spacial score (nSPS) is 11.6. The van der Waals surface area contributed by atoms with Crippen molar-refractivity contribution in [2.75, 3.05) is 0 Å². The van der Waals surface area contributed by atoms with Crippen molar-refractivity contribution < 1.29 is 0 Å². The number of fused-ring (bicyclic) bond motifs is 20. The van der Waals surface area contributed by atoms with Crippen molar-refractivity contribution in [1.82, 2.24) is 54.8 Å². The molecule has 0 fully saturated rings. The van der Waals surface area contributed by atoms with Gasteiger partial charge >= 0.3 is 0 Å². The summed E-state index contributed by atoms with van der Waals surface area (Å²) in [6, 6.07) is 165. The topological polar surface area (TPSA) is 142 Å². The molecule has 0 radical (unpaired) electrons. The lowest BCUT2D eigenvalue weighted by atomic mass is 9.84. The fourth-order valence-corrected chi connectivity index (χ4v) is 21.3. The van der Waals surface area contributed by atoms with E-state index in [2.05, 4.69) is 431 Å². The van der Waals surface area contributed by atoms with Gasteiger partial charge in [0, 0.05) is 113 Å². The van der Waals surface area contributed by atoms with E-state index in [0.717, 1.165) is 138 Å². The van der Waals surface area contributed by atoms with Gasteiger partial charge in [-0.15, -0.1) is 0 Å². The van der Waals surface area contributed by atoms with Gasteiger partial charge in [0.15, 0.2) is 23.3 Å². The number of rotatable bonds is 12. The largest absolute Gasteiger partial charge is 0.244 e. The van der Waals surface area contributed by atoms with Gasteiger partial charge in [0.05, 0.1) is 27.9 Å². The van der Waals surface area contributed by atoms with E-state index in [0.29, 0.717) is 23.3 Å². The molecule has 0 saturated carbocycles. The summed E-state index contributed by atoms with van der Waals surface area (Å²) in [6.45, 7) is 0. The van der Waals surface area contributed by atoms with E-state index in [9.17, 15) is 0 Å². The van der Waals surface area contributed by atoms with Crippen LogP contribution in [0.25, 0.3) is 286 Å². The Kier molecular flexibility index (Phi) is 21.3. The van der Waals surface area contributed by atoms with Gasteiger partial charge in [0.1, 0.15) is 17.1 Å². The standard InChI is InChI=1S/C55H33N3.C49H31N5.C31H19N3/c1-3-14-37-29-40(23-21-34(37)11-1)51-44-17-7-8-18-45(44)52(41-24-22-35-12-2-4-15-38(35)30-41)49-31-39(26-27-46(49)51)42-32-56-55(57-33-42)54-48-28-25-36-13-5-6-16-43(36)53(48)47-19-9-10-20-50(47)58-54;1-3-11-32(12-4-1)34-19-23-37(24-20-34)44-29-45(54-48(53-44)38-25-21-35(22-26-38)33-13-5-2-6-14-33)39-30-50-49(51-31-39)47-42-28-27-36-15-7-8-16-40(36)46(42)41-17-9-10-18-43(41)52-47;1-2-9-22-17-23(14-13-20(22)7-1)24-18-32-31(33-19-24)30-27-16-15-21-8-3-4-10-25(21)29(27)26-11-5-6-12-28(26)34-30/h1-33H;1-31H;1-19H. The summed E-state index contributed by atoms with van der Waals surface area (Å²) in [4.78, 5) is 54.9. The molecule has 146 heavy (non-hydrogen) atoms. The van der Waals surface area contributed by atoms with Gasteiger partial charge in [0.25, 0.3) is 0 Å². The Bertz CT molecular complexity index is 10100. The molecular formula is C135H83N11. The zero-order valence-electron chi connectivity index (χ0n) is 78.8. The first-order valence-electron chi connectivity index (χ1n) is 49.1. The average molecular weight is 1860 g/mol. The van der Waals surface area contributed by atoms with E-state index >= 15 is 0 Å². The van der Waals surface area contributed by atoms with Crippen molar-refractivity contribution in [3.63, 3.8) is 0 Å². The van der Waals surface area contributed by atoms with Crippen molar-refractivity contribution in [2.45, 2.75) is 0 Å². The summed E-state index contributed by atoms with van der Waals surface area (Å²) in [5, 5.41) is 29.4. The number of nitrogens with zero attached hydrogens (tertiary/aromatic N) is 11. The van der Waals surface area contributed by atoms with E-state index in [1.807, 2.05) is 73.6 Å². The Morgan fingerprint density at radius 1 is 0.123 bits per heavy atom. The molecule has 0 bridgehead atoms. The minimum absolute atomic E-state index is 0.562. The minimum atomic E-state index is 0.562. The maximum Gasteiger partial charge on any atom is 0.178 e. The molecule has 0 spiro atoms. The Labute approximate surface area is 839 Å². The molecule has 22 aromatic carbocycles. The number of hydrogen-bond donors (Lipinski definition) is 0. The summed E-state index contributed by atoms with van der Waals surface area (Å²) < 4.78 is 0. The van der Waals surface area contributed by atoms with Gasteiger partial charge in [-0.3, -0.25) is 0 Å². The monoisotopic (exact) mass is 1860 g/mol. The lowest BCUT2D eigenvalue weighted by molar-refractivity contribution is 1.13. The second-order valence-electron chi connectivity index (χ2n) is 37.0. The third kappa shape index (κ3) is 15.7. The van der Waals surface area contributed by atoms with Crippen LogP contribution >= 0.6 is 0 Å². The predicted molar refractivity (Wildman–Crippen MR) is 605 cm³/mol. The highest BCUT2D eigenvalue weighted by Crippen LogP contribution is 2.48. The predicted octanol–water partition coefficient (Wildman–Crippen LogP) is 34.6. The van der Waals surface area contributed by atoms with Gasteiger partial charge < -0.3 is 0 Å². The molecule has 0 aliphatic heterocycles. The molecule has 0 N–H and O–H groups in total. The molecule has 0 atom stereocenters. The molecule has 678 valence electrons. The highest BCUT2D eigenvalue weighted by Gasteiger charge is 2.25. The lowest BCUT2D eigenvalue weighted by Gasteiger charge is -2.19. The van der Waals surface area contributed by atoms with Gasteiger partial charge in [-0.1, -0.05) is 419 Å². The smallest absolute Gasteiger partial charge is 0.178 e. The number of hydrogen-bond acceptors (Lipinski definition) is 11. The van der Waals surface area contributed by atoms with Crippen molar-refractivity contribution in [2.24, 2.45) is 0 Å². The van der Waals surface area contributed by atoms with Crippen LogP contribution in [0, 0.1) is 0 Å². The molecule has 11 heteroatoms. The molecule has 7 heterocycles. The quantitative estimate of drug-likeness (QED) is 0.0852. The first-order chi connectivity index (χ1) is 72.3. The van der Waals surface area contributed by atoms with Crippen molar-refractivity contribution in [3.05, 3.63) is 504 Å². The fourth-order valence-electron chi connectivity index (χ4n) is 21.3. The van der Waals surface area contributed by atoms with Crippen LogP contribution in [-0.4, -0.2) is 54.8 Å². The second kappa shape index (κ2) is 36.5. The molecule has 0 unspecified atom stereocenters. The third-order valence-corrected chi connectivity index (χ3v) is 28.4. The number of para-hydroxylation sites is 3. The SMILES string of the molecule is c1ccc(-c2ccc(-c3cc(-c4cnc(-c5nc6ccccc6c6c5ccc5ccccc56)nc4)nc(-c4ccc(-c5ccccc5)cc4)n3)cc2)cc1.c1ccc2cc(-c3c4ccccc4c(-c4ccc5ccccc5c4)c4cc(-c5cnc(-c6nc7ccccc7c7c6ccc6ccccc67)nc5)ccc34)ccc2c1.c1ccc2cc(-c3cnc(-c4nc5ccccc5c5c4ccc4ccccc45)nc3)ccc2c1. The highest BCUT2D eigenvalue weighted by molar-refractivity contribution is 6.27. The van der Waals surface area contributed by atoms with Crippen molar-refractivity contribution in [1.29, 1.82) is 0 Å². The Hall–Kier alpha value is -19.8. The van der Waals surface area contributed by atoms with Gasteiger partial charge in [-0.05, 0) is 190 Å². The molecule has 29 rings (SSSR count). The zero-order chi connectivity index (χ0) is 96.5. The first-order valence-corrected chi connectivity index (χ1v) is 49.1. The Morgan fingerprint density at radius 3 is 0.788 bits per heavy atom. The van der Waals surface area contributed by atoms with Crippen molar-refractivity contribution >= 4 is 151 Å². The molecule has 0 amide bonds. The number of benzene rings is 22. The van der Waals surface area contributed by atoms with E-state index in [-0.39, 0.29) is 0 Å². The van der Waals surface area contributed by atoms with E-state index in [4.69, 9.17) is 54.8 Å². The van der Waals surface area contributed by atoms with Crippen LogP contribution in [0.1, 0.15) is 0 Å². The lowest BCUT2D eigenvalue weighted by Crippen LogP contribution is -1.98. The summed E-state index contributed by atoms with van der Waals surface area (Å²) in [5.74, 6) is 2.44. The van der Waals surface area contributed by atoms with Crippen LogP contribution < -0.4 is 0 Å². The van der Waals surface area contributed by atoms with Gasteiger partial charge in [-0.2, -0.15) is 0 Å². The van der Waals surface area contributed by atoms with Crippen LogP contribution in [0.2, 0.25) is 0 Å². The summed E-state index contributed by atoms with van der Waals surface area (Å²) >= 11 is 0. The Morgan fingerprint density at radius 2 is 0.384 bits per heavy atom. The second-order valence-corrected chi connectivity index (χ2v) is 37.0. The average Bonchev–Trinajstić information content (AvgIpc) is 0.725. The molecule has 0 saturated heterocycles. The molecule has 29 aromatic rings. The van der Waals surface area contributed by atoms with Crippen LogP contribution in [0.4, 0.5) is 0 Å². The maximum absolute atomic E-state index is 5.15. The van der Waals surface area contributed by atoms with Crippen LogP contribution in [0.15, 0.2) is 504 Å². The Balaban J connectivity index is 0.000000112. The summed E-state index contributed by atoms with van der Waals surface area (Å²) in [5.41, 5.74) is 23.0. The summed E-state index contributed by atoms with van der Waals surface area (Å²) in [7, 11) is 0. The van der Waals surface area contributed by atoms with Crippen molar-refractivity contribution in [3.8, 4) is 135 Å². The minimum Gasteiger partial charge on any atom is -0.244 e. The maximum atomic E-state index is 5.15. The third-order valence-electron chi connectivity index (χ3n) is 28.4. The van der Waals surface area contributed by atoms with Gasteiger partial charge in [0.2, 0.25) is 0 Å². The number of pyridine rings is 3. The number of aromatic nitrogens is 11. The highest BCUT2D eigenvalue weighted by atomic mass is 14.9. The van der Waals surface area contributed by atoms with E-state index in [1.165, 1.54) is 125 Å². The van der Waals surface area contributed by atoms with Crippen LogP contribution in [-0.2, 0) is 0 Å². The zero-order valence-corrected chi connectivity index (χ0v) is 78.8. The van der Waals surface area contributed by atoms with Crippen LogP contribution in [0.5, 0.6) is 0 Å². The summed E-state index contributed by atoms with van der Waals surface area (Å²) in [6.07, 6.45) is 11.4. The van der Waals surface area contributed by atoms with Gasteiger partial charge in [-0.25, -0.2) is 54.8 Å². The molecule has 7 aromatic heterocycles. The molecule has 0 aliphatic rings. The molecule has 11 nitrogen and oxygen atoms in total. The van der Waals surface area contributed by atoms with E-state index < -0.39 is 0 Å². The van der Waals surface area contributed by atoms with E-state index in [1.54, 1.807) is 0 Å². The first kappa shape index (κ1) is 85.4. The molecule has 0 aliphatic carbocycles.